The van der Waals surface area contributed by atoms with Crippen molar-refractivity contribution in [1.29, 1.82) is 0 Å². The van der Waals surface area contributed by atoms with Gasteiger partial charge in [-0.1, -0.05) is 34.1 Å². The van der Waals surface area contributed by atoms with Gasteiger partial charge in [0.15, 0.2) is 0 Å². The molecule has 4 unspecified atom stereocenters. The summed E-state index contributed by atoms with van der Waals surface area (Å²) in [6, 6.07) is 0. The molecule has 2 rings (SSSR count). The van der Waals surface area contributed by atoms with Gasteiger partial charge >= 0.3 is 0 Å². The molecule has 0 heteroatoms. The zero-order valence-electron chi connectivity index (χ0n) is 10.3. The van der Waals surface area contributed by atoms with Gasteiger partial charge in [0.25, 0.3) is 0 Å². The van der Waals surface area contributed by atoms with Gasteiger partial charge < -0.3 is 0 Å². The Bertz CT molecular complexity index is 206. The largest absolute Gasteiger partial charge is 0.0651 e. The Hall–Kier alpha value is 0. The second-order valence-electron chi connectivity index (χ2n) is 6.31. The highest BCUT2D eigenvalue weighted by Crippen LogP contribution is 2.67. The van der Waals surface area contributed by atoms with Gasteiger partial charge in [-0.3, -0.25) is 0 Å². The lowest BCUT2D eigenvalue weighted by molar-refractivity contribution is 0.322. The summed E-state index contributed by atoms with van der Waals surface area (Å²) in [5, 5.41) is 0. The lowest BCUT2D eigenvalue weighted by Gasteiger charge is -2.18. The molecule has 1 spiro atoms. The average molecular weight is 194 g/mol. The summed E-state index contributed by atoms with van der Waals surface area (Å²) in [5.74, 6) is 4.05. The number of hydrogen-bond donors (Lipinski definition) is 0. The highest BCUT2D eigenvalue weighted by molar-refractivity contribution is 5.07. The van der Waals surface area contributed by atoms with Crippen LogP contribution in [0.15, 0.2) is 0 Å². The maximum absolute atomic E-state index is 2.45. The third-order valence-electron chi connectivity index (χ3n) is 5.19. The van der Waals surface area contributed by atoms with E-state index in [2.05, 4.69) is 27.7 Å². The molecule has 0 nitrogen and oxygen atoms in total. The standard InChI is InChI=1S/C14H26/c1-5-11(4)12-6-7-14(8-12)9-13(14)10(2)3/h10-13H,5-9H2,1-4H3. The average Bonchev–Trinajstić information content (AvgIpc) is 2.68. The number of hydrogen-bond acceptors (Lipinski definition) is 0. The van der Waals surface area contributed by atoms with E-state index in [1.807, 2.05) is 0 Å². The van der Waals surface area contributed by atoms with Crippen LogP contribution in [0.25, 0.3) is 0 Å². The van der Waals surface area contributed by atoms with Gasteiger partial charge in [0.05, 0.1) is 0 Å². The highest BCUT2D eigenvalue weighted by Gasteiger charge is 2.58. The SMILES string of the molecule is CCC(C)C1CCC2(C1)CC2C(C)C. The second-order valence-corrected chi connectivity index (χ2v) is 6.31. The fourth-order valence-corrected chi connectivity index (χ4v) is 3.86. The Morgan fingerprint density at radius 3 is 2.43 bits per heavy atom. The van der Waals surface area contributed by atoms with Gasteiger partial charge in [0.1, 0.15) is 0 Å². The van der Waals surface area contributed by atoms with Crippen molar-refractivity contribution >= 4 is 0 Å². The van der Waals surface area contributed by atoms with Gasteiger partial charge in [-0.25, -0.2) is 0 Å². The molecule has 2 saturated carbocycles. The molecule has 0 heterocycles. The molecule has 82 valence electrons. The summed E-state index contributed by atoms with van der Waals surface area (Å²) in [6.07, 6.45) is 7.57. The van der Waals surface area contributed by atoms with Gasteiger partial charge in [-0.05, 0) is 54.8 Å². The van der Waals surface area contributed by atoms with Crippen LogP contribution in [0.5, 0.6) is 0 Å². The van der Waals surface area contributed by atoms with Crippen molar-refractivity contribution in [3.63, 3.8) is 0 Å². The molecule has 0 amide bonds. The van der Waals surface area contributed by atoms with Gasteiger partial charge in [-0.2, -0.15) is 0 Å². The van der Waals surface area contributed by atoms with Crippen molar-refractivity contribution in [3.8, 4) is 0 Å². The Labute approximate surface area is 89.5 Å². The Kier molecular flexibility index (Phi) is 2.66. The Morgan fingerprint density at radius 2 is 1.93 bits per heavy atom. The molecule has 0 bridgehead atoms. The molecule has 0 aromatic carbocycles. The van der Waals surface area contributed by atoms with Crippen LogP contribution >= 0.6 is 0 Å². The quantitative estimate of drug-likeness (QED) is 0.621. The lowest BCUT2D eigenvalue weighted by Crippen LogP contribution is -2.09. The molecule has 0 aromatic rings. The molecule has 4 atom stereocenters. The first-order chi connectivity index (χ1) is 6.59. The van der Waals surface area contributed by atoms with E-state index in [1.165, 1.54) is 12.8 Å². The van der Waals surface area contributed by atoms with Crippen LogP contribution in [0, 0.1) is 29.1 Å². The van der Waals surface area contributed by atoms with E-state index in [0.717, 1.165) is 29.1 Å². The topological polar surface area (TPSA) is 0 Å². The zero-order valence-corrected chi connectivity index (χ0v) is 10.3. The van der Waals surface area contributed by atoms with Crippen molar-refractivity contribution in [2.75, 3.05) is 0 Å². The minimum atomic E-state index is 0.836. The van der Waals surface area contributed by atoms with Crippen LogP contribution < -0.4 is 0 Å². The first-order valence-electron chi connectivity index (χ1n) is 6.59. The van der Waals surface area contributed by atoms with Crippen LogP contribution in [-0.4, -0.2) is 0 Å². The van der Waals surface area contributed by atoms with Gasteiger partial charge in [0, 0.05) is 0 Å². The molecule has 2 aliphatic rings. The zero-order chi connectivity index (χ0) is 10.3. The Morgan fingerprint density at radius 1 is 1.21 bits per heavy atom. The number of rotatable bonds is 3. The van der Waals surface area contributed by atoms with E-state index in [0.29, 0.717) is 0 Å². The first kappa shape index (κ1) is 10.5. The van der Waals surface area contributed by atoms with Gasteiger partial charge in [0.2, 0.25) is 0 Å². The smallest absolute Gasteiger partial charge is 0.0261 e. The second kappa shape index (κ2) is 3.54. The minimum absolute atomic E-state index is 0.836. The van der Waals surface area contributed by atoms with Crippen LogP contribution in [0.3, 0.4) is 0 Å². The predicted molar refractivity (Wildman–Crippen MR) is 62.2 cm³/mol. The summed E-state index contributed by atoms with van der Waals surface area (Å²) < 4.78 is 0. The van der Waals surface area contributed by atoms with Crippen molar-refractivity contribution in [2.24, 2.45) is 29.1 Å². The predicted octanol–water partition coefficient (Wildman–Crippen LogP) is 4.49. The molecule has 0 saturated heterocycles. The normalized spacial score (nSPS) is 43.5. The van der Waals surface area contributed by atoms with Gasteiger partial charge in [-0.15, -0.1) is 0 Å². The maximum Gasteiger partial charge on any atom is -0.0261 e. The van der Waals surface area contributed by atoms with E-state index < -0.39 is 0 Å². The van der Waals surface area contributed by atoms with Crippen molar-refractivity contribution < 1.29 is 0 Å². The van der Waals surface area contributed by atoms with Crippen LogP contribution in [0.1, 0.15) is 59.8 Å². The lowest BCUT2D eigenvalue weighted by atomic mass is 9.88. The fourth-order valence-electron chi connectivity index (χ4n) is 3.86. The van der Waals surface area contributed by atoms with E-state index in [4.69, 9.17) is 0 Å². The molecule has 14 heavy (non-hydrogen) atoms. The maximum atomic E-state index is 2.45. The van der Waals surface area contributed by atoms with E-state index in [9.17, 15) is 0 Å². The molecule has 2 aliphatic carbocycles. The molecule has 0 radical (unpaired) electrons. The highest BCUT2D eigenvalue weighted by atomic mass is 14.6. The van der Waals surface area contributed by atoms with Crippen molar-refractivity contribution in [1.82, 2.24) is 0 Å². The molecule has 0 aliphatic heterocycles. The van der Waals surface area contributed by atoms with E-state index >= 15 is 0 Å². The van der Waals surface area contributed by atoms with Crippen molar-refractivity contribution in [3.05, 3.63) is 0 Å². The molecule has 2 fully saturated rings. The molecule has 0 aromatic heterocycles. The summed E-state index contributed by atoms with van der Waals surface area (Å²) in [5.41, 5.74) is 0.836. The van der Waals surface area contributed by atoms with Crippen LogP contribution in [-0.2, 0) is 0 Å². The van der Waals surface area contributed by atoms with Crippen LogP contribution in [0.2, 0.25) is 0 Å². The van der Waals surface area contributed by atoms with Crippen molar-refractivity contribution in [2.45, 2.75) is 59.8 Å². The third kappa shape index (κ3) is 1.61. The Balaban J connectivity index is 1.90. The summed E-state index contributed by atoms with van der Waals surface area (Å²) in [4.78, 5) is 0. The third-order valence-corrected chi connectivity index (χ3v) is 5.19. The monoisotopic (exact) mass is 194 g/mol. The molecule has 0 N–H and O–H groups in total. The molecular formula is C14H26. The van der Waals surface area contributed by atoms with E-state index in [-0.39, 0.29) is 0 Å². The summed E-state index contributed by atoms with van der Waals surface area (Å²) in [7, 11) is 0. The minimum Gasteiger partial charge on any atom is -0.0651 e. The van der Waals surface area contributed by atoms with Crippen LogP contribution in [0.4, 0.5) is 0 Å². The summed E-state index contributed by atoms with van der Waals surface area (Å²) >= 11 is 0. The first-order valence-corrected chi connectivity index (χ1v) is 6.59. The fraction of sp³-hybridized carbons (Fsp3) is 1.00. The van der Waals surface area contributed by atoms with E-state index in [1.54, 1.807) is 19.3 Å². The summed E-state index contributed by atoms with van der Waals surface area (Å²) in [6.45, 7) is 9.63. The molecular weight excluding hydrogens is 168 g/mol.